The molecule has 31 heavy (non-hydrogen) atoms. The number of halogens is 1. The fourth-order valence-electron chi connectivity index (χ4n) is 4.16. The predicted octanol–water partition coefficient (Wildman–Crippen LogP) is 3.12. The number of nitrogens with zero attached hydrogens (tertiary/aromatic N) is 3. The zero-order valence-corrected chi connectivity index (χ0v) is 19.2. The lowest BCUT2D eigenvalue weighted by atomic mass is 10.1. The number of amides is 2. The van der Waals surface area contributed by atoms with E-state index in [2.05, 4.69) is 11.0 Å². The molecule has 2 aromatic rings. The Hall–Kier alpha value is -2.29. The van der Waals surface area contributed by atoms with E-state index in [-0.39, 0.29) is 24.2 Å². The highest BCUT2D eigenvalue weighted by molar-refractivity contribution is 7.16. The van der Waals surface area contributed by atoms with Crippen molar-refractivity contribution in [1.29, 1.82) is 0 Å². The Bertz CT molecular complexity index is 958. The van der Waals surface area contributed by atoms with Gasteiger partial charge in [0.25, 0.3) is 0 Å². The number of carbonyl (C=O) groups is 2. The zero-order valence-electron chi connectivity index (χ0n) is 17.7. The molecule has 2 aliphatic heterocycles. The van der Waals surface area contributed by atoms with Crippen LogP contribution in [-0.4, -0.2) is 68.6 Å². The Morgan fingerprint density at radius 3 is 2.48 bits per heavy atom. The molecule has 1 aromatic carbocycles. The molecule has 0 radical (unpaired) electrons. The van der Waals surface area contributed by atoms with Crippen LogP contribution in [0, 0.1) is 5.92 Å². The summed E-state index contributed by atoms with van der Waals surface area (Å²) in [5, 5.41) is 0. The van der Waals surface area contributed by atoms with E-state index in [4.69, 9.17) is 21.1 Å². The Labute approximate surface area is 191 Å². The Morgan fingerprint density at radius 1 is 1.10 bits per heavy atom. The zero-order chi connectivity index (χ0) is 22.0. The number of anilines is 1. The molecule has 0 N–H and O–H groups in total. The van der Waals surface area contributed by atoms with Crippen molar-refractivity contribution in [3.05, 3.63) is 39.5 Å². The summed E-state index contributed by atoms with van der Waals surface area (Å²) in [6.07, 6.45) is 0.237. The standard InChI is InChI=1S/C22H26ClN3O4S/c1-29-18-5-3-16(12-19(18)30-2)26-13-15(11-21(26)27)22(28)25-9-7-24(8-10-25)14-17-4-6-20(23)31-17/h3-6,12,15H,7-11,13-14H2,1-2H3. The van der Waals surface area contributed by atoms with E-state index in [9.17, 15) is 9.59 Å². The Morgan fingerprint density at radius 2 is 1.84 bits per heavy atom. The molecule has 1 atom stereocenters. The first-order valence-electron chi connectivity index (χ1n) is 10.3. The Balaban J connectivity index is 1.34. The first-order chi connectivity index (χ1) is 15.0. The fourth-order valence-corrected chi connectivity index (χ4v) is 5.29. The average Bonchev–Trinajstić information content (AvgIpc) is 3.38. The van der Waals surface area contributed by atoms with E-state index in [0.29, 0.717) is 31.1 Å². The number of carbonyl (C=O) groups excluding carboxylic acids is 2. The van der Waals surface area contributed by atoms with Crippen LogP contribution in [0.3, 0.4) is 0 Å². The lowest BCUT2D eigenvalue weighted by molar-refractivity contribution is -0.137. The maximum atomic E-state index is 13.1. The van der Waals surface area contributed by atoms with Crippen molar-refractivity contribution >= 4 is 40.4 Å². The molecule has 9 heteroatoms. The molecule has 4 rings (SSSR count). The molecule has 0 bridgehead atoms. The third kappa shape index (κ3) is 4.81. The fraction of sp³-hybridized carbons (Fsp3) is 0.455. The highest BCUT2D eigenvalue weighted by Crippen LogP contribution is 2.34. The lowest BCUT2D eigenvalue weighted by Crippen LogP contribution is -2.50. The van der Waals surface area contributed by atoms with Crippen molar-refractivity contribution in [3.8, 4) is 11.5 Å². The quantitative estimate of drug-likeness (QED) is 0.658. The molecule has 0 aliphatic carbocycles. The summed E-state index contributed by atoms with van der Waals surface area (Å²) >= 11 is 7.61. The molecule has 0 saturated carbocycles. The van der Waals surface area contributed by atoms with Gasteiger partial charge in [-0.15, -0.1) is 11.3 Å². The molecule has 0 spiro atoms. The number of ether oxygens (including phenoxy) is 2. The van der Waals surface area contributed by atoms with Crippen LogP contribution in [0.1, 0.15) is 11.3 Å². The van der Waals surface area contributed by atoms with Crippen molar-refractivity contribution in [1.82, 2.24) is 9.80 Å². The molecular formula is C22H26ClN3O4S. The largest absolute Gasteiger partial charge is 0.493 e. The predicted molar refractivity (Wildman–Crippen MR) is 121 cm³/mol. The van der Waals surface area contributed by atoms with Gasteiger partial charge in [0.15, 0.2) is 11.5 Å². The topological polar surface area (TPSA) is 62.3 Å². The molecule has 7 nitrogen and oxygen atoms in total. The number of benzene rings is 1. The van der Waals surface area contributed by atoms with E-state index >= 15 is 0 Å². The van der Waals surface area contributed by atoms with E-state index in [0.717, 1.165) is 29.7 Å². The van der Waals surface area contributed by atoms with Crippen LogP contribution < -0.4 is 14.4 Å². The van der Waals surface area contributed by atoms with Gasteiger partial charge in [0, 0.05) is 62.3 Å². The van der Waals surface area contributed by atoms with Gasteiger partial charge in [0.05, 0.1) is 24.5 Å². The third-order valence-corrected chi connectivity index (χ3v) is 7.06. The van der Waals surface area contributed by atoms with E-state index in [1.807, 2.05) is 17.0 Å². The summed E-state index contributed by atoms with van der Waals surface area (Å²) in [6.45, 7) is 4.25. The second-order valence-corrected chi connectivity index (χ2v) is 9.55. The van der Waals surface area contributed by atoms with E-state index < -0.39 is 0 Å². The smallest absolute Gasteiger partial charge is 0.228 e. The molecule has 2 aliphatic rings. The number of hydrogen-bond donors (Lipinski definition) is 0. The van der Waals surface area contributed by atoms with Crippen molar-refractivity contribution in [3.63, 3.8) is 0 Å². The van der Waals surface area contributed by atoms with Gasteiger partial charge in [-0.2, -0.15) is 0 Å². The molecule has 1 unspecified atom stereocenters. The highest BCUT2D eigenvalue weighted by atomic mass is 35.5. The summed E-state index contributed by atoms with van der Waals surface area (Å²) in [7, 11) is 3.13. The normalized spacial score (nSPS) is 19.7. The van der Waals surface area contributed by atoms with Gasteiger partial charge in [0.1, 0.15) is 0 Å². The van der Waals surface area contributed by atoms with Crippen LogP contribution in [0.2, 0.25) is 4.34 Å². The van der Waals surface area contributed by atoms with E-state index in [1.165, 1.54) is 4.88 Å². The number of rotatable bonds is 6. The molecule has 2 fully saturated rings. The molecule has 2 amide bonds. The Kier molecular flexibility index (Phi) is 6.69. The summed E-state index contributed by atoms with van der Waals surface area (Å²) in [6, 6.07) is 9.34. The van der Waals surface area contributed by atoms with Gasteiger partial charge >= 0.3 is 0 Å². The molecule has 1 aromatic heterocycles. The van der Waals surface area contributed by atoms with Crippen LogP contribution in [0.15, 0.2) is 30.3 Å². The number of methoxy groups -OCH3 is 2. The molecule has 3 heterocycles. The highest BCUT2D eigenvalue weighted by Gasteiger charge is 2.38. The number of hydrogen-bond acceptors (Lipinski definition) is 6. The van der Waals surface area contributed by atoms with Gasteiger partial charge in [-0.3, -0.25) is 14.5 Å². The monoisotopic (exact) mass is 463 g/mol. The average molecular weight is 464 g/mol. The number of piperazine rings is 1. The van der Waals surface area contributed by atoms with Gasteiger partial charge < -0.3 is 19.3 Å². The van der Waals surface area contributed by atoms with Crippen molar-refractivity contribution in [2.75, 3.05) is 51.8 Å². The summed E-state index contributed by atoms with van der Waals surface area (Å²) < 4.78 is 11.4. The second kappa shape index (κ2) is 9.46. The van der Waals surface area contributed by atoms with Gasteiger partial charge in [0.2, 0.25) is 11.8 Å². The minimum absolute atomic E-state index is 0.0428. The molecule has 2 saturated heterocycles. The van der Waals surface area contributed by atoms with Crippen LogP contribution in [0.5, 0.6) is 11.5 Å². The van der Waals surface area contributed by atoms with Crippen LogP contribution in [0.4, 0.5) is 5.69 Å². The van der Waals surface area contributed by atoms with Crippen molar-refractivity contribution in [2.24, 2.45) is 5.92 Å². The molecule has 166 valence electrons. The lowest BCUT2D eigenvalue weighted by Gasteiger charge is -2.35. The SMILES string of the molecule is COc1ccc(N2CC(C(=O)N3CCN(Cc4ccc(Cl)s4)CC3)CC2=O)cc1OC. The summed E-state index contributed by atoms with van der Waals surface area (Å²) in [5.74, 6) is 0.871. The maximum Gasteiger partial charge on any atom is 0.228 e. The maximum absolute atomic E-state index is 13.1. The van der Waals surface area contributed by atoms with Crippen LogP contribution in [-0.2, 0) is 16.1 Å². The minimum Gasteiger partial charge on any atom is -0.493 e. The van der Waals surface area contributed by atoms with E-state index in [1.54, 1.807) is 42.6 Å². The third-order valence-electron chi connectivity index (χ3n) is 5.85. The van der Waals surface area contributed by atoms with Crippen LogP contribution in [0.25, 0.3) is 0 Å². The first-order valence-corrected chi connectivity index (χ1v) is 11.5. The van der Waals surface area contributed by atoms with Crippen molar-refractivity contribution < 1.29 is 19.1 Å². The second-order valence-electron chi connectivity index (χ2n) is 7.75. The summed E-state index contributed by atoms with van der Waals surface area (Å²) in [5.41, 5.74) is 0.720. The minimum atomic E-state index is -0.316. The number of thiophene rings is 1. The summed E-state index contributed by atoms with van der Waals surface area (Å²) in [4.78, 5) is 32.9. The van der Waals surface area contributed by atoms with Crippen LogP contribution >= 0.6 is 22.9 Å². The first kappa shape index (κ1) is 21.9. The van der Waals surface area contributed by atoms with Gasteiger partial charge in [-0.25, -0.2) is 0 Å². The van der Waals surface area contributed by atoms with Crippen molar-refractivity contribution in [2.45, 2.75) is 13.0 Å². The van der Waals surface area contributed by atoms with Gasteiger partial charge in [-0.05, 0) is 24.3 Å². The molecular weight excluding hydrogens is 438 g/mol. The van der Waals surface area contributed by atoms with Gasteiger partial charge in [-0.1, -0.05) is 11.6 Å².